The van der Waals surface area contributed by atoms with Crippen LogP contribution in [0, 0.1) is 0 Å². The van der Waals surface area contributed by atoms with Gasteiger partial charge in [-0.1, -0.05) is 17.3 Å². The van der Waals surface area contributed by atoms with Crippen molar-refractivity contribution < 1.29 is 9.90 Å². The lowest BCUT2D eigenvalue weighted by Crippen LogP contribution is -1.93. The fourth-order valence-corrected chi connectivity index (χ4v) is 0.307. The average Bonchev–Trinajstić information content (AvgIpc) is 1.67. The van der Waals surface area contributed by atoms with E-state index < -0.39 is 5.97 Å². The molecule has 0 radical (unpaired) electrons. The molecule has 44 valence electrons. The smallest absolute Gasteiger partial charge is 0.339 e. The molecule has 0 aliphatic rings. The van der Waals surface area contributed by atoms with E-state index in [0.717, 1.165) is 5.54 Å². The molecule has 0 aromatic rings. The monoisotopic (exact) mass is 132 g/mol. The average molecular weight is 133 g/mol. The number of rotatable bonds is 1. The van der Waals surface area contributed by atoms with Crippen LogP contribution < -0.4 is 0 Å². The van der Waals surface area contributed by atoms with Gasteiger partial charge in [-0.3, -0.25) is 0 Å². The van der Waals surface area contributed by atoms with E-state index in [1.807, 2.05) is 0 Å². The molecule has 0 bridgehead atoms. The predicted molar refractivity (Wildman–Crippen MR) is 30.8 cm³/mol. The summed E-state index contributed by atoms with van der Waals surface area (Å²) in [5.41, 5.74) is 3.46. The number of hydrogen-bond acceptors (Lipinski definition) is 1. The molecule has 0 aromatic carbocycles. The lowest BCUT2D eigenvalue weighted by atomic mass is 10.3. The van der Waals surface area contributed by atoms with E-state index in [-0.39, 0.29) is 5.57 Å². The SMILES string of the molecule is CC(=C=CCl)C(=O)O. The van der Waals surface area contributed by atoms with Crippen molar-refractivity contribution in [1.29, 1.82) is 0 Å². The molecule has 1 N–H and O–H groups in total. The van der Waals surface area contributed by atoms with Gasteiger partial charge in [0.15, 0.2) is 0 Å². The standard InChI is InChI=1S/C5H5ClO2/c1-4(2-3-6)5(7)8/h3H,1H3,(H,7,8). The van der Waals surface area contributed by atoms with E-state index in [1.54, 1.807) is 0 Å². The first-order valence-corrected chi connectivity index (χ1v) is 2.37. The Hall–Kier alpha value is -0.720. The highest BCUT2D eigenvalue weighted by molar-refractivity contribution is 6.25. The molecule has 2 nitrogen and oxygen atoms in total. The Morgan fingerprint density at radius 3 is 2.50 bits per heavy atom. The maximum Gasteiger partial charge on any atom is 0.339 e. The molecule has 0 aliphatic heterocycles. The van der Waals surface area contributed by atoms with Crippen LogP contribution in [0.2, 0.25) is 0 Å². The first-order chi connectivity index (χ1) is 3.68. The maximum atomic E-state index is 9.91. The number of carboxylic acid groups (broad SMARTS) is 1. The summed E-state index contributed by atoms with van der Waals surface area (Å²) in [4.78, 5) is 9.91. The third-order valence-electron chi connectivity index (χ3n) is 0.592. The number of hydrogen-bond donors (Lipinski definition) is 1. The van der Waals surface area contributed by atoms with Crippen molar-refractivity contribution in [3.63, 3.8) is 0 Å². The molecule has 0 fully saturated rings. The summed E-state index contributed by atoms with van der Waals surface area (Å²) in [5.74, 6) is -0.998. The zero-order valence-electron chi connectivity index (χ0n) is 4.31. The van der Waals surface area contributed by atoms with Crippen LogP contribution in [0.25, 0.3) is 0 Å². The second kappa shape index (κ2) is 3.30. The van der Waals surface area contributed by atoms with Gasteiger partial charge in [0.25, 0.3) is 0 Å². The van der Waals surface area contributed by atoms with Gasteiger partial charge >= 0.3 is 5.97 Å². The van der Waals surface area contributed by atoms with E-state index >= 15 is 0 Å². The Balaban J connectivity index is 4.24. The normalized spacial score (nSPS) is 7.25. The topological polar surface area (TPSA) is 37.3 Å². The third-order valence-corrected chi connectivity index (χ3v) is 0.701. The van der Waals surface area contributed by atoms with Gasteiger partial charge in [0, 0.05) is 5.54 Å². The van der Waals surface area contributed by atoms with Gasteiger partial charge in [0.1, 0.15) is 0 Å². The fraction of sp³-hybridized carbons (Fsp3) is 0.200. The fourth-order valence-electron chi connectivity index (χ4n) is 0.144. The van der Waals surface area contributed by atoms with Gasteiger partial charge in [0.2, 0.25) is 0 Å². The van der Waals surface area contributed by atoms with E-state index in [4.69, 9.17) is 16.7 Å². The molecule has 0 spiro atoms. The van der Waals surface area contributed by atoms with Crippen LogP contribution in [0.3, 0.4) is 0 Å². The molecule has 0 heterocycles. The van der Waals surface area contributed by atoms with Crippen molar-refractivity contribution >= 4 is 17.6 Å². The Labute approximate surface area is 52.1 Å². The van der Waals surface area contributed by atoms with E-state index in [1.165, 1.54) is 6.92 Å². The number of aliphatic carboxylic acids is 1. The molecule has 0 saturated heterocycles. The van der Waals surface area contributed by atoms with E-state index in [0.29, 0.717) is 0 Å². The molecule has 8 heavy (non-hydrogen) atoms. The van der Waals surface area contributed by atoms with Gasteiger partial charge in [0.05, 0.1) is 5.57 Å². The molecular weight excluding hydrogens is 128 g/mol. The van der Waals surface area contributed by atoms with Gasteiger partial charge < -0.3 is 5.11 Å². The molecule has 3 heteroatoms. The van der Waals surface area contributed by atoms with Crippen molar-refractivity contribution in [3.05, 3.63) is 16.8 Å². The predicted octanol–water partition coefficient (Wildman–Crippen LogP) is 1.37. The van der Waals surface area contributed by atoms with Crippen molar-refractivity contribution in [2.75, 3.05) is 0 Å². The largest absolute Gasteiger partial charge is 0.477 e. The van der Waals surface area contributed by atoms with E-state index in [2.05, 4.69) is 5.73 Å². The minimum Gasteiger partial charge on any atom is -0.477 e. The molecule has 0 amide bonds. The highest BCUT2D eigenvalue weighted by Gasteiger charge is 1.94. The Bertz CT molecular complexity index is 154. The highest BCUT2D eigenvalue weighted by Crippen LogP contribution is 1.87. The Morgan fingerprint density at radius 2 is 2.38 bits per heavy atom. The molecule has 0 rings (SSSR count). The second-order valence-electron chi connectivity index (χ2n) is 1.18. The zero-order chi connectivity index (χ0) is 6.57. The summed E-state index contributed by atoms with van der Waals surface area (Å²) in [6.07, 6.45) is 0. The quantitative estimate of drug-likeness (QED) is 0.432. The first kappa shape index (κ1) is 7.28. The summed E-state index contributed by atoms with van der Waals surface area (Å²) < 4.78 is 0. The number of halogens is 1. The zero-order valence-corrected chi connectivity index (χ0v) is 5.07. The van der Waals surface area contributed by atoms with Crippen LogP contribution in [-0.2, 0) is 4.79 Å². The van der Waals surface area contributed by atoms with Gasteiger partial charge in [-0.25, -0.2) is 4.79 Å². The molecule has 0 aliphatic carbocycles. The lowest BCUT2D eigenvalue weighted by Gasteiger charge is -1.80. The second-order valence-corrected chi connectivity index (χ2v) is 1.40. The summed E-state index contributed by atoms with van der Waals surface area (Å²) >= 11 is 5.02. The third kappa shape index (κ3) is 2.45. The minimum atomic E-state index is -0.998. The van der Waals surface area contributed by atoms with Gasteiger partial charge in [-0.15, -0.1) is 0 Å². The highest BCUT2D eigenvalue weighted by atomic mass is 35.5. The first-order valence-electron chi connectivity index (χ1n) is 1.93. The summed E-state index contributed by atoms with van der Waals surface area (Å²) in [6.45, 7) is 1.42. The van der Waals surface area contributed by atoms with Crippen LogP contribution in [-0.4, -0.2) is 11.1 Å². The van der Waals surface area contributed by atoms with E-state index in [9.17, 15) is 4.79 Å². The van der Waals surface area contributed by atoms with Crippen molar-refractivity contribution in [2.45, 2.75) is 6.92 Å². The van der Waals surface area contributed by atoms with Crippen LogP contribution in [0.5, 0.6) is 0 Å². The van der Waals surface area contributed by atoms with Crippen LogP contribution in [0.15, 0.2) is 16.8 Å². The van der Waals surface area contributed by atoms with Crippen LogP contribution in [0.4, 0.5) is 0 Å². The number of carboxylic acids is 1. The summed E-state index contributed by atoms with van der Waals surface area (Å²) in [5, 5.41) is 8.13. The van der Waals surface area contributed by atoms with Crippen LogP contribution >= 0.6 is 11.6 Å². The van der Waals surface area contributed by atoms with Crippen molar-refractivity contribution in [2.24, 2.45) is 0 Å². The van der Waals surface area contributed by atoms with Crippen molar-refractivity contribution in [3.8, 4) is 0 Å². The molecule has 0 unspecified atom stereocenters. The Morgan fingerprint density at radius 1 is 1.88 bits per heavy atom. The van der Waals surface area contributed by atoms with Gasteiger partial charge in [-0.2, -0.15) is 0 Å². The molecule has 0 aromatic heterocycles. The summed E-state index contributed by atoms with van der Waals surface area (Å²) in [7, 11) is 0. The Kier molecular flexibility index (Phi) is 3.01. The maximum absolute atomic E-state index is 9.91. The number of carbonyl (C=O) groups is 1. The van der Waals surface area contributed by atoms with Crippen LogP contribution in [0.1, 0.15) is 6.92 Å². The molecular formula is C5H5ClO2. The lowest BCUT2D eigenvalue weighted by molar-refractivity contribution is -0.132. The molecule has 0 atom stereocenters. The minimum absolute atomic E-state index is 0.111. The summed E-state index contributed by atoms with van der Waals surface area (Å²) in [6, 6.07) is 0. The van der Waals surface area contributed by atoms with Crippen molar-refractivity contribution in [1.82, 2.24) is 0 Å². The molecule has 0 saturated carbocycles. The van der Waals surface area contributed by atoms with Gasteiger partial charge in [-0.05, 0) is 6.92 Å².